The lowest BCUT2D eigenvalue weighted by atomic mass is 9.83. The maximum absolute atomic E-state index is 12.7. The molecule has 0 spiro atoms. The lowest BCUT2D eigenvalue weighted by molar-refractivity contribution is 0.0920. The first-order valence-electron chi connectivity index (χ1n) is 9.52. The number of hydrogen-bond donors (Lipinski definition) is 2. The molecule has 0 fully saturated rings. The van der Waals surface area contributed by atoms with E-state index < -0.39 is 16.6 Å². The molecule has 2 aliphatic carbocycles. The summed E-state index contributed by atoms with van der Waals surface area (Å²) < 4.78 is 29.0. The van der Waals surface area contributed by atoms with Gasteiger partial charge in [0.2, 0.25) is 5.88 Å². The largest absolute Gasteiger partial charge is 0.469 e. The Morgan fingerprint density at radius 3 is 2.96 bits per heavy atom. The van der Waals surface area contributed by atoms with Crippen LogP contribution in [-0.4, -0.2) is 39.8 Å². The number of hydrogen-bond acceptors (Lipinski definition) is 5. The molecule has 148 valence electrons. The van der Waals surface area contributed by atoms with Crippen molar-refractivity contribution in [2.24, 2.45) is 4.36 Å². The molecule has 1 unspecified atom stereocenters. The minimum atomic E-state index is -2.30. The van der Waals surface area contributed by atoms with Crippen molar-refractivity contribution in [1.29, 1.82) is 0 Å². The van der Waals surface area contributed by atoms with Crippen molar-refractivity contribution < 1.29 is 18.5 Å². The number of thiol groups is 1. The lowest BCUT2D eigenvalue weighted by Gasteiger charge is -2.25. The van der Waals surface area contributed by atoms with Crippen LogP contribution in [0.15, 0.2) is 21.5 Å². The molecule has 0 saturated carbocycles. The number of aryl methyl sites for hydroxylation is 2. The number of rotatable bonds is 4. The Balaban J connectivity index is 1.38. The number of carbonyl (C=O) groups excluding carboxylic acids is 1. The first-order chi connectivity index (χ1) is 13.6. The highest BCUT2D eigenvalue weighted by Crippen LogP contribution is 2.39. The third kappa shape index (κ3) is 2.89. The molecule has 0 saturated heterocycles. The number of methoxy groups -OCH3 is 1. The molecule has 0 bridgehead atoms. The van der Waals surface area contributed by atoms with Crippen LogP contribution in [0.4, 0.5) is 10.5 Å². The van der Waals surface area contributed by atoms with Crippen LogP contribution in [-0.2, 0) is 47.6 Å². The number of carbonyl (C=O) groups is 1. The molecule has 8 nitrogen and oxygen atoms in total. The Bertz CT molecular complexity index is 1050. The monoisotopic (exact) mass is 402 g/mol. The standard InChI is InChI=1S/C19H22N4O4S/c1-26-10-13-9-23-18(27-13)16(8-20-23)28(25)22-19(24)21-17-14-4-2-3-11(14)7-12-5-6-15(12)17/h7-8,13,28H,2-6,9-10H2,1H3,(H,21,24)/t13-/m0/s1. The number of urea groups is 1. The van der Waals surface area contributed by atoms with Gasteiger partial charge in [-0.15, -0.1) is 4.36 Å². The van der Waals surface area contributed by atoms with E-state index in [1.54, 1.807) is 11.8 Å². The zero-order chi connectivity index (χ0) is 19.3. The highest BCUT2D eigenvalue weighted by atomic mass is 32.2. The fourth-order valence-electron chi connectivity index (χ4n) is 4.27. The number of fused-ring (bicyclic) bond motifs is 3. The molecule has 2 aromatic rings. The molecule has 2 atom stereocenters. The summed E-state index contributed by atoms with van der Waals surface area (Å²) in [5.41, 5.74) is 5.95. The van der Waals surface area contributed by atoms with E-state index in [1.165, 1.54) is 28.5 Å². The SMILES string of the molecule is COC[C@@H]1Cn2ncc([SH](=O)=NC(=O)Nc3c4c(cc5c3CC5)CCC4)c2O1. The fraction of sp³-hybridized carbons (Fsp3) is 0.474. The molecule has 3 aliphatic rings. The van der Waals surface area contributed by atoms with E-state index in [9.17, 15) is 9.00 Å². The van der Waals surface area contributed by atoms with Crippen molar-refractivity contribution in [2.75, 3.05) is 19.0 Å². The van der Waals surface area contributed by atoms with Crippen LogP contribution < -0.4 is 10.1 Å². The van der Waals surface area contributed by atoms with Crippen LogP contribution in [0, 0.1) is 0 Å². The lowest BCUT2D eigenvalue weighted by Crippen LogP contribution is -2.21. The summed E-state index contributed by atoms with van der Waals surface area (Å²) in [4.78, 5) is 12.9. The van der Waals surface area contributed by atoms with E-state index in [0.29, 0.717) is 23.9 Å². The van der Waals surface area contributed by atoms with Gasteiger partial charge in [0.15, 0.2) is 0 Å². The number of aromatic nitrogens is 2. The highest BCUT2D eigenvalue weighted by Gasteiger charge is 2.28. The Labute approximate surface area is 164 Å². The summed E-state index contributed by atoms with van der Waals surface area (Å²) in [5.74, 6) is 0.407. The van der Waals surface area contributed by atoms with Gasteiger partial charge in [0.1, 0.15) is 11.0 Å². The third-order valence-corrected chi connectivity index (χ3v) is 6.73. The zero-order valence-corrected chi connectivity index (χ0v) is 16.5. The van der Waals surface area contributed by atoms with E-state index in [2.05, 4.69) is 20.8 Å². The zero-order valence-electron chi connectivity index (χ0n) is 15.6. The van der Waals surface area contributed by atoms with Gasteiger partial charge in [-0.05, 0) is 54.4 Å². The van der Waals surface area contributed by atoms with E-state index in [-0.39, 0.29) is 6.10 Å². The second kappa shape index (κ2) is 6.89. The van der Waals surface area contributed by atoms with Crippen LogP contribution >= 0.6 is 0 Å². The van der Waals surface area contributed by atoms with Crippen LogP contribution in [0.25, 0.3) is 0 Å². The molecule has 0 radical (unpaired) electrons. The molecule has 9 heteroatoms. The van der Waals surface area contributed by atoms with Gasteiger partial charge in [-0.3, -0.25) is 0 Å². The molecule has 5 rings (SSSR count). The van der Waals surface area contributed by atoms with Gasteiger partial charge in [-0.1, -0.05) is 6.07 Å². The topological polar surface area (TPSA) is 94.8 Å². The Morgan fingerprint density at radius 1 is 1.36 bits per heavy atom. The van der Waals surface area contributed by atoms with Crippen molar-refractivity contribution >= 4 is 22.3 Å². The molecule has 28 heavy (non-hydrogen) atoms. The second-order valence-corrected chi connectivity index (χ2v) is 8.62. The number of amides is 2. The van der Waals surface area contributed by atoms with E-state index in [0.717, 1.165) is 37.8 Å². The van der Waals surface area contributed by atoms with Crippen LogP contribution in [0.2, 0.25) is 0 Å². The summed E-state index contributed by atoms with van der Waals surface area (Å²) in [5, 5.41) is 7.10. The second-order valence-electron chi connectivity index (χ2n) is 7.40. The Hall–Kier alpha value is -2.39. The minimum Gasteiger partial charge on any atom is -0.469 e. The van der Waals surface area contributed by atoms with Crippen LogP contribution in [0.5, 0.6) is 5.88 Å². The van der Waals surface area contributed by atoms with Gasteiger partial charge in [-0.25, -0.2) is 13.7 Å². The van der Waals surface area contributed by atoms with Crippen LogP contribution in [0.3, 0.4) is 0 Å². The Morgan fingerprint density at radius 2 is 2.18 bits per heavy atom. The number of nitrogens with one attached hydrogen (secondary N) is 1. The summed E-state index contributed by atoms with van der Waals surface area (Å²) in [7, 11) is -0.699. The van der Waals surface area contributed by atoms with Gasteiger partial charge in [0, 0.05) is 12.8 Å². The fourth-order valence-corrected chi connectivity index (χ4v) is 5.08. The first-order valence-corrected chi connectivity index (χ1v) is 10.7. The average Bonchev–Trinajstić information content (AvgIpc) is 3.32. The summed E-state index contributed by atoms with van der Waals surface area (Å²) in [6, 6.07) is 1.69. The van der Waals surface area contributed by atoms with Gasteiger partial charge >= 0.3 is 6.03 Å². The molecule has 1 aromatic carbocycles. The first kappa shape index (κ1) is 17.7. The summed E-state index contributed by atoms with van der Waals surface area (Å²) >= 11 is 0. The molecular weight excluding hydrogens is 380 g/mol. The van der Waals surface area contributed by atoms with E-state index in [1.807, 2.05) is 0 Å². The van der Waals surface area contributed by atoms with Crippen LogP contribution in [0.1, 0.15) is 28.7 Å². The summed E-state index contributed by atoms with van der Waals surface area (Å²) in [6.07, 6.45) is 6.44. The predicted molar refractivity (Wildman–Crippen MR) is 104 cm³/mol. The van der Waals surface area contributed by atoms with Crippen molar-refractivity contribution in [1.82, 2.24) is 9.78 Å². The number of anilines is 1. The molecule has 1 N–H and O–H groups in total. The summed E-state index contributed by atoms with van der Waals surface area (Å²) in [6.45, 7) is 0.947. The number of ether oxygens (including phenoxy) is 2. The van der Waals surface area contributed by atoms with E-state index in [4.69, 9.17) is 9.47 Å². The number of benzene rings is 1. The normalized spacial score (nSPS) is 20.1. The molecule has 1 aromatic heterocycles. The van der Waals surface area contributed by atoms with Gasteiger partial charge in [0.05, 0.1) is 29.9 Å². The number of nitrogens with zero attached hydrogens (tertiary/aromatic N) is 3. The predicted octanol–water partition coefficient (Wildman–Crippen LogP) is 2.13. The van der Waals surface area contributed by atoms with Gasteiger partial charge in [-0.2, -0.15) is 5.10 Å². The molecule has 2 amide bonds. The van der Waals surface area contributed by atoms with Gasteiger partial charge in [0.25, 0.3) is 0 Å². The van der Waals surface area contributed by atoms with Crippen molar-refractivity contribution in [3.63, 3.8) is 0 Å². The highest BCUT2D eigenvalue weighted by molar-refractivity contribution is 7.75. The average molecular weight is 402 g/mol. The molecule has 1 aliphatic heterocycles. The van der Waals surface area contributed by atoms with Gasteiger partial charge < -0.3 is 14.8 Å². The quantitative estimate of drug-likeness (QED) is 0.764. The smallest absolute Gasteiger partial charge is 0.353 e. The van der Waals surface area contributed by atoms with Crippen molar-refractivity contribution in [3.8, 4) is 5.88 Å². The van der Waals surface area contributed by atoms with E-state index >= 15 is 0 Å². The Kier molecular flexibility index (Phi) is 4.36. The maximum Gasteiger partial charge on any atom is 0.353 e. The third-order valence-electron chi connectivity index (χ3n) is 5.64. The molecule has 2 heterocycles. The molecular formula is C19H22N4O4S. The van der Waals surface area contributed by atoms with Crippen molar-refractivity contribution in [3.05, 3.63) is 34.5 Å². The minimum absolute atomic E-state index is 0.171. The maximum atomic E-state index is 12.7. The van der Waals surface area contributed by atoms with Crippen molar-refractivity contribution in [2.45, 2.75) is 49.6 Å².